The number of thioether (sulfide) groups is 1. The fourth-order valence-corrected chi connectivity index (χ4v) is 2.95. The molecule has 1 atom stereocenters. The second-order valence-electron chi connectivity index (χ2n) is 4.63. The molecule has 0 aliphatic heterocycles. The van der Waals surface area contributed by atoms with E-state index in [2.05, 4.69) is 21.0 Å². The highest BCUT2D eigenvalue weighted by atomic mass is 35.5. The molecule has 0 spiro atoms. The summed E-state index contributed by atoms with van der Waals surface area (Å²) in [5.74, 6) is 0.444. The average molecular weight is 331 g/mol. The molecule has 1 aromatic carbocycles. The number of aliphatic hydroxyl groups excluding tert-OH is 1. The SMILES string of the molecule is N#Cc1ccc(C(O)CSc2nc3ncc(Cl)cc3[nH]2)cc1. The number of aliphatic hydroxyl groups is 1. The Morgan fingerprint density at radius 2 is 2.14 bits per heavy atom. The van der Waals surface area contributed by atoms with Crippen molar-refractivity contribution < 1.29 is 5.11 Å². The maximum atomic E-state index is 10.2. The van der Waals surface area contributed by atoms with E-state index in [4.69, 9.17) is 16.9 Å². The zero-order valence-corrected chi connectivity index (χ0v) is 12.9. The van der Waals surface area contributed by atoms with Gasteiger partial charge in [0.25, 0.3) is 0 Å². The van der Waals surface area contributed by atoms with Crippen LogP contribution in [0.2, 0.25) is 5.02 Å². The Bertz CT molecular complexity index is 841. The van der Waals surface area contributed by atoms with E-state index in [1.165, 1.54) is 11.8 Å². The van der Waals surface area contributed by atoms with Crippen LogP contribution in [0.25, 0.3) is 11.2 Å². The first-order valence-corrected chi connectivity index (χ1v) is 7.84. The molecule has 0 aliphatic carbocycles. The number of imidazole rings is 1. The van der Waals surface area contributed by atoms with Crippen molar-refractivity contribution in [2.75, 3.05) is 5.75 Å². The van der Waals surface area contributed by atoms with Crippen LogP contribution in [0, 0.1) is 11.3 Å². The number of aromatic nitrogens is 3. The van der Waals surface area contributed by atoms with Gasteiger partial charge in [-0.25, -0.2) is 9.97 Å². The summed E-state index contributed by atoms with van der Waals surface area (Å²) in [6.07, 6.45) is 0.910. The second-order valence-corrected chi connectivity index (χ2v) is 6.07. The Morgan fingerprint density at radius 1 is 1.36 bits per heavy atom. The van der Waals surface area contributed by atoms with Crippen LogP contribution in [0.5, 0.6) is 0 Å². The highest BCUT2D eigenvalue weighted by Gasteiger charge is 2.11. The van der Waals surface area contributed by atoms with Crippen molar-refractivity contribution >= 4 is 34.5 Å². The maximum Gasteiger partial charge on any atom is 0.178 e. The van der Waals surface area contributed by atoms with Crippen LogP contribution in [0.4, 0.5) is 0 Å². The summed E-state index contributed by atoms with van der Waals surface area (Å²) in [5, 5.41) is 20.2. The molecule has 0 saturated carbocycles. The molecule has 0 saturated heterocycles. The van der Waals surface area contributed by atoms with Crippen LogP contribution in [0.15, 0.2) is 41.7 Å². The van der Waals surface area contributed by atoms with Crippen molar-refractivity contribution in [3.05, 3.63) is 52.7 Å². The van der Waals surface area contributed by atoms with E-state index in [1.54, 1.807) is 36.5 Å². The van der Waals surface area contributed by atoms with Gasteiger partial charge in [0.2, 0.25) is 0 Å². The lowest BCUT2D eigenvalue weighted by Crippen LogP contribution is -2.00. The number of hydrogen-bond donors (Lipinski definition) is 2. The van der Waals surface area contributed by atoms with E-state index in [1.807, 2.05) is 0 Å². The predicted molar refractivity (Wildman–Crippen MR) is 85.7 cm³/mol. The molecule has 3 aromatic rings. The summed E-state index contributed by atoms with van der Waals surface area (Å²) in [4.78, 5) is 11.6. The summed E-state index contributed by atoms with van der Waals surface area (Å²) in [7, 11) is 0. The molecule has 3 rings (SSSR count). The molecule has 0 amide bonds. The largest absolute Gasteiger partial charge is 0.388 e. The fourth-order valence-electron chi connectivity index (χ4n) is 1.95. The van der Waals surface area contributed by atoms with Crippen molar-refractivity contribution in [2.45, 2.75) is 11.3 Å². The zero-order chi connectivity index (χ0) is 15.5. The number of nitrogens with one attached hydrogen (secondary N) is 1. The van der Waals surface area contributed by atoms with Crippen molar-refractivity contribution in [1.82, 2.24) is 15.0 Å². The number of fused-ring (bicyclic) bond motifs is 1. The van der Waals surface area contributed by atoms with E-state index in [9.17, 15) is 5.11 Å². The lowest BCUT2D eigenvalue weighted by Gasteiger charge is -2.09. The number of halogens is 1. The number of aromatic amines is 1. The van der Waals surface area contributed by atoms with Crippen molar-refractivity contribution in [3.8, 4) is 6.07 Å². The van der Waals surface area contributed by atoms with Gasteiger partial charge in [-0.3, -0.25) is 0 Å². The van der Waals surface area contributed by atoms with E-state index < -0.39 is 6.10 Å². The highest BCUT2D eigenvalue weighted by molar-refractivity contribution is 7.99. The lowest BCUT2D eigenvalue weighted by molar-refractivity contribution is 0.204. The third kappa shape index (κ3) is 3.22. The smallest absolute Gasteiger partial charge is 0.178 e. The fraction of sp³-hybridized carbons (Fsp3) is 0.133. The normalized spacial score (nSPS) is 12.2. The lowest BCUT2D eigenvalue weighted by atomic mass is 10.1. The van der Waals surface area contributed by atoms with Gasteiger partial charge in [0, 0.05) is 11.9 Å². The van der Waals surface area contributed by atoms with Crippen LogP contribution >= 0.6 is 23.4 Å². The molecule has 0 radical (unpaired) electrons. The molecule has 5 nitrogen and oxygen atoms in total. The van der Waals surface area contributed by atoms with Crippen LogP contribution in [0.1, 0.15) is 17.2 Å². The third-order valence-corrected chi connectivity index (χ3v) is 4.24. The van der Waals surface area contributed by atoms with E-state index in [-0.39, 0.29) is 0 Å². The van der Waals surface area contributed by atoms with Gasteiger partial charge in [0.1, 0.15) is 0 Å². The number of hydrogen-bond acceptors (Lipinski definition) is 5. The number of H-pyrrole nitrogens is 1. The monoisotopic (exact) mass is 330 g/mol. The Hall–Kier alpha value is -2.07. The molecule has 2 heterocycles. The van der Waals surface area contributed by atoms with E-state index >= 15 is 0 Å². The van der Waals surface area contributed by atoms with Gasteiger partial charge in [-0.15, -0.1) is 0 Å². The summed E-state index contributed by atoms with van der Waals surface area (Å²) >= 11 is 7.28. The minimum absolute atomic E-state index is 0.444. The van der Waals surface area contributed by atoms with Gasteiger partial charge in [0.05, 0.1) is 28.3 Å². The Balaban J connectivity index is 1.68. The van der Waals surface area contributed by atoms with Crippen molar-refractivity contribution in [3.63, 3.8) is 0 Å². The topological polar surface area (TPSA) is 85.6 Å². The molecular weight excluding hydrogens is 320 g/mol. The summed E-state index contributed by atoms with van der Waals surface area (Å²) < 4.78 is 0. The molecule has 7 heteroatoms. The standard InChI is InChI=1S/C15H11ClN4OS/c16-11-5-12-14(18-7-11)20-15(19-12)22-8-13(21)10-3-1-9(6-17)2-4-10/h1-5,7,13,21H,8H2,(H,18,19,20). The number of pyridine rings is 1. The Labute approximate surface area is 136 Å². The molecular formula is C15H11ClN4OS. The van der Waals surface area contributed by atoms with E-state index in [0.29, 0.717) is 27.1 Å². The minimum Gasteiger partial charge on any atom is -0.388 e. The van der Waals surface area contributed by atoms with Crippen molar-refractivity contribution in [2.24, 2.45) is 0 Å². The van der Waals surface area contributed by atoms with Gasteiger partial charge >= 0.3 is 0 Å². The zero-order valence-electron chi connectivity index (χ0n) is 11.3. The number of nitriles is 1. The van der Waals surface area contributed by atoms with Gasteiger partial charge in [0.15, 0.2) is 10.8 Å². The van der Waals surface area contributed by atoms with Gasteiger partial charge in [-0.1, -0.05) is 35.5 Å². The molecule has 0 fully saturated rings. The molecule has 0 aliphatic rings. The average Bonchev–Trinajstić information content (AvgIpc) is 2.94. The summed E-state index contributed by atoms with van der Waals surface area (Å²) in [5.41, 5.74) is 2.70. The number of rotatable bonds is 4. The number of nitrogens with zero attached hydrogens (tertiary/aromatic N) is 3. The highest BCUT2D eigenvalue weighted by Crippen LogP contribution is 2.25. The van der Waals surface area contributed by atoms with Crippen molar-refractivity contribution in [1.29, 1.82) is 5.26 Å². The predicted octanol–water partition coefficient (Wildman–Crippen LogP) is 3.31. The first-order valence-electron chi connectivity index (χ1n) is 6.48. The molecule has 1 unspecified atom stereocenters. The first kappa shape index (κ1) is 14.9. The second kappa shape index (κ2) is 6.36. The minimum atomic E-state index is -0.637. The van der Waals surface area contributed by atoms with Gasteiger partial charge in [-0.2, -0.15) is 5.26 Å². The van der Waals surface area contributed by atoms with Crippen LogP contribution < -0.4 is 0 Å². The molecule has 0 bridgehead atoms. The van der Waals surface area contributed by atoms with Gasteiger partial charge < -0.3 is 10.1 Å². The maximum absolute atomic E-state index is 10.2. The van der Waals surface area contributed by atoms with Crippen LogP contribution in [-0.4, -0.2) is 25.8 Å². The van der Waals surface area contributed by atoms with Gasteiger partial charge in [-0.05, 0) is 23.8 Å². The summed E-state index contributed by atoms with van der Waals surface area (Å²) in [6, 6.07) is 10.7. The van der Waals surface area contributed by atoms with Crippen LogP contribution in [-0.2, 0) is 0 Å². The quantitative estimate of drug-likeness (QED) is 0.717. The third-order valence-electron chi connectivity index (χ3n) is 3.08. The van der Waals surface area contributed by atoms with E-state index in [0.717, 1.165) is 11.1 Å². The first-order chi connectivity index (χ1) is 10.7. The molecule has 2 N–H and O–H groups in total. The molecule has 2 aromatic heterocycles. The molecule has 22 heavy (non-hydrogen) atoms. The van der Waals surface area contributed by atoms with Crippen LogP contribution in [0.3, 0.4) is 0 Å². The molecule has 110 valence electrons. The summed E-state index contributed by atoms with van der Waals surface area (Å²) in [6.45, 7) is 0. The number of benzene rings is 1. The Kier molecular flexibility index (Phi) is 4.29. The Morgan fingerprint density at radius 3 is 2.86 bits per heavy atom.